The molecule has 4 rings (SSSR count). The Hall–Kier alpha value is -3.63. The molecule has 0 radical (unpaired) electrons. The van der Waals surface area contributed by atoms with Crippen molar-refractivity contribution in [1.29, 1.82) is 0 Å². The Balaban J connectivity index is 1.85. The van der Waals surface area contributed by atoms with Crippen molar-refractivity contribution in [2.45, 2.75) is 32.4 Å². The predicted molar refractivity (Wildman–Crippen MR) is 118 cm³/mol. The van der Waals surface area contributed by atoms with E-state index in [1.54, 1.807) is 44.3 Å². The molecule has 0 bridgehead atoms. The first-order chi connectivity index (χ1) is 15.2. The summed E-state index contributed by atoms with van der Waals surface area (Å²) in [6, 6.07) is 13.0. The van der Waals surface area contributed by atoms with E-state index >= 15 is 0 Å². The van der Waals surface area contributed by atoms with E-state index in [-0.39, 0.29) is 0 Å². The van der Waals surface area contributed by atoms with Crippen LogP contribution in [0.4, 0.5) is 13.2 Å². The van der Waals surface area contributed by atoms with Crippen molar-refractivity contribution in [3.05, 3.63) is 72.4 Å². The predicted octanol–water partition coefficient (Wildman–Crippen LogP) is 5.29. The van der Waals surface area contributed by atoms with E-state index in [0.29, 0.717) is 33.6 Å². The van der Waals surface area contributed by atoms with Crippen LogP contribution in [0.3, 0.4) is 0 Å². The maximum absolute atomic E-state index is 13.4. The van der Waals surface area contributed by atoms with E-state index in [1.807, 2.05) is 12.1 Å². The van der Waals surface area contributed by atoms with Crippen molar-refractivity contribution in [2.75, 3.05) is 0 Å². The Kier molecular flexibility index (Phi) is 5.72. The normalized spacial score (nSPS) is 11.6. The lowest BCUT2D eigenvalue weighted by atomic mass is 10.0. The van der Waals surface area contributed by atoms with Crippen LogP contribution in [-0.4, -0.2) is 31.7 Å². The number of alkyl halides is 2. The van der Waals surface area contributed by atoms with E-state index in [0.717, 1.165) is 5.39 Å². The van der Waals surface area contributed by atoms with Crippen molar-refractivity contribution in [1.82, 2.24) is 14.5 Å². The molecular weight excluding hydrogens is 415 g/mol. The number of imidazole rings is 1. The molecule has 0 aliphatic rings. The largest absolute Gasteiger partial charge is 0.378 e. The van der Waals surface area contributed by atoms with Crippen LogP contribution in [-0.2, 0) is 6.54 Å². The molecule has 0 fully saturated rings. The number of hydrogen-bond acceptors (Lipinski definition) is 3. The number of benzene rings is 2. The van der Waals surface area contributed by atoms with Crippen LogP contribution in [0.5, 0.6) is 0 Å². The summed E-state index contributed by atoms with van der Waals surface area (Å²) in [5.74, 6) is 5.25. The van der Waals surface area contributed by atoms with Gasteiger partial charge in [0.2, 0.25) is 0 Å². The summed E-state index contributed by atoms with van der Waals surface area (Å²) < 4.78 is 41.2. The fraction of sp³-hybridized carbons (Fsp3) is 0.200. The van der Waals surface area contributed by atoms with Gasteiger partial charge in [-0.15, -0.1) is 0 Å². The van der Waals surface area contributed by atoms with Gasteiger partial charge in [0.25, 0.3) is 6.43 Å². The first-order valence-electron chi connectivity index (χ1n) is 9.94. The summed E-state index contributed by atoms with van der Waals surface area (Å²) in [6.07, 6.45) is 0.425. The zero-order valence-corrected chi connectivity index (χ0v) is 17.5. The molecule has 162 valence electrons. The SMILES string of the molecule is CC(C)(O)C#Cc1cnc2ccc(-c3c(-c4ccc(F)cc4)ncn3CC(F)F)cc2c1. The number of hydrogen-bond donors (Lipinski definition) is 1. The Morgan fingerprint density at radius 2 is 1.75 bits per heavy atom. The average molecular weight is 435 g/mol. The van der Waals surface area contributed by atoms with Crippen LogP contribution in [0.15, 0.2) is 61.1 Å². The summed E-state index contributed by atoms with van der Waals surface area (Å²) in [6.45, 7) is 2.67. The molecule has 0 unspecified atom stereocenters. The van der Waals surface area contributed by atoms with Gasteiger partial charge in [0, 0.05) is 28.3 Å². The number of aromatic nitrogens is 3. The van der Waals surface area contributed by atoms with E-state index in [1.165, 1.54) is 23.0 Å². The van der Waals surface area contributed by atoms with Gasteiger partial charge in [-0.25, -0.2) is 18.2 Å². The van der Waals surface area contributed by atoms with Gasteiger partial charge in [-0.1, -0.05) is 17.9 Å². The fourth-order valence-corrected chi connectivity index (χ4v) is 3.36. The van der Waals surface area contributed by atoms with Gasteiger partial charge in [0.1, 0.15) is 11.4 Å². The minimum absolute atomic E-state index is 0.390. The lowest BCUT2D eigenvalue weighted by Crippen LogP contribution is -2.14. The molecule has 4 aromatic rings. The summed E-state index contributed by atoms with van der Waals surface area (Å²) >= 11 is 0. The van der Waals surface area contributed by atoms with E-state index in [2.05, 4.69) is 21.8 Å². The number of aliphatic hydroxyl groups is 1. The highest BCUT2D eigenvalue weighted by atomic mass is 19.3. The van der Waals surface area contributed by atoms with E-state index in [4.69, 9.17) is 0 Å². The van der Waals surface area contributed by atoms with E-state index < -0.39 is 24.4 Å². The maximum atomic E-state index is 13.4. The van der Waals surface area contributed by atoms with Gasteiger partial charge in [0.15, 0.2) is 0 Å². The molecule has 0 amide bonds. The maximum Gasteiger partial charge on any atom is 0.256 e. The van der Waals surface area contributed by atoms with Crippen LogP contribution in [0.2, 0.25) is 0 Å². The molecule has 0 atom stereocenters. The number of nitrogens with zero attached hydrogens (tertiary/aromatic N) is 3. The molecule has 1 N–H and O–H groups in total. The molecular formula is C25H20F3N3O. The molecule has 4 nitrogen and oxygen atoms in total. The third-order valence-electron chi connectivity index (χ3n) is 4.76. The van der Waals surface area contributed by atoms with Crippen molar-refractivity contribution >= 4 is 10.9 Å². The highest BCUT2D eigenvalue weighted by molar-refractivity contribution is 5.88. The quantitative estimate of drug-likeness (QED) is 0.443. The Labute approximate surface area is 183 Å². The number of halogens is 3. The first-order valence-corrected chi connectivity index (χ1v) is 9.94. The van der Waals surface area contributed by atoms with Crippen molar-refractivity contribution < 1.29 is 18.3 Å². The summed E-state index contributed by atoms with van der Waals surface area (Å²) in [5.41, 5.74) is 2.48. The zero-order chi connectivity index (χ0) is 22.9. The van der Waals surface area contributed by atoms with Gasteiger partial charge in [-0.3, -0.25) is 4.98 Å². The standard InChI is InChI=1S/C25H20F3N3O/c1-25(2,32)10-9-16-11-19-12-18(5-8-21(19)29-13-16)24-23(17-3-6-20(26)7-4-17)30-15-31(24)14-22(27)28/h3-8,11-13,15,22,32H,14H2,1-2H3. The highest BCUT2D eigenvalue weighted by Gasteiger charge is 2.18. The molecule has 0 aliphatic heterocycles. The van der Waals surface area contributed by atoms with E-state index in [9.17, 15) is 18.3 Å². The lowest BCUT2D eigenvalue weighted by Gasteiger charge is -2.11. The molecule has 0 spiro atoms. The molecule has 2 aromatic heterocycles. The lowest BCUT2D eigenvalue weighted by molar-refractivity contribution is 0.127. The Morgan fingerprint density at radius 3 is 2.44 bits per heavy atom. The van der Waals surface area contributed by atoms with Crippen LogP contribution < -0.4 is 0 Å². The molecule has 7 heteroatoms. The zero-order valence-electron chi connectivity index (χ0n) is 17.5. The minimum atomic E-state index is -2.56. The summed E-state index contributed by atoms with van der Waals surface area (Å²) in [5, 5.41) is 10.6. The average Bonchev–Trinajstić information content (AvgIpc) is 3.14. The molecule has 0 saturated heterocycles. The van der Waals surface area contributed by atoms with Gasteiger partial charge in [0.05, 0.1) is 29.8 Å². The minimum Gasteiger partial charge on any atom is -0.378 e. The van der Waals surface area contributed by atoms with Gasteiger partial charge in [-0.2, -0.15) is 0 Å². The van der Waals surface area contributed by atoms with Crippen LogP contribution in [0, 0.1) is 17.7 Å². The third kappa shape index (κ3) is 4.82. The Bertz CT molecular complexity index is 1330. The highest BCUT2D eigenvalue weighted by Crippen LogP contribution is 2.33. The number of fused-ring (bicyclic) bond motifs is 1. The Morgan fingerprint density at radius 1 is 1.03 bits per heavy atom. The van der Waals surface area contributed by atoms with Gasteiger partial charge in [-0.05, 0) is 56.3 Å². The monoisotopic (exact) mass is 435 g/mol. The summed E-state index contributed by atoms with van der Waals surface area (Å²) in [4.78, 5) is 8.74. The van der Waals surface area contributed by atoms with Gasteiger partial charge >= 0.3 is 0 Å². The van der Waals surface area contributed by atoms with Crippen LogP contribution >= 0.6 is 0 Å². The second-order valence-corrected chi connectivity index (χ2v) is 7.93. The second-order valence-electron chi connectivity index (χ2n) is 7.93. The summed E-state index contributed by atoms with van der Waals surface area (Å²) in [7, 11) is 0. The molecule has 2 heterocycles. The van der Waals surface area contributed by atoms with Crippen molar-refractivity contribution in [3.8, 4) is 34.4 Å². The first kappa shape index (κ1) is 21.6. The third-order valence-corrected chi connectivity index (χ3v) is 4.76. The van der Waals surface area contributed by atoms with Gasteiger partial charge < -0.3 is 9.67 Å². The second kappa shape index (κ2) is 8.48. The fourth-order valence-electron chi connectivity index (χ4n) is 3.36. The molecule has 0 saturated carbocycles. The molecule has 32 heavy (non-hydrogen) atoms. The molecule has 0 aliphatic carbocycles. The smallest absolute Gasteiger partial charge is 0.256 e. The van der Waals surface area contributed by atoms with Crippen molar-refractivity contribution in [3.63, 3.8) is 0 Å². The van der Waals surface area contributed by atoms with Crippen LogP contribution in [0.1, 0.15) is 19.4 Å². The molecule has 2 aromatic carbocycles. The topological polar surface area (TPSA) is 50.9 Å². The van der Waals surface area contributed by atoms with Crippen molar-refractivity contribution in [2.24, 2.45) is 0 Å². The number of pyridine rings is 1. The number of rotatable bonds is 4. The van der Waals surface area contributed by atoms with Crippen LogP contribution in [0.25, 0.3) is 33.4 Å².